The Labute approximate surface area is 119 Å². The van der Waals surface area contributed by atoms with Crippen molar-refractivity contribution in [3.63, 3.8) is 0 Å². The van der Waals surface area contributed by atoms with E-state index in [0.29, 0.717) is 10.5 Å². The molecule has 2 aromatic rings. The highest BCUT2D eigenvalue weighted by molar-refractivity contribution is 7.18. The van der Waals surface area contributed by atoms with Crippen LogP contribution in [0.4, 0.5) is 5.69 Å². The molecule has 0 saturated carbocycles. The zero-order valence-corrected chi connectivity index (χ0v) is 11.8. The highest BCUT2D eigenvalue weighted by Crippen LogP contribution is 2.31. The Morgan fingerprint density at radius 3 is 2.60 bits per heavy atom. The minimum atomic E-state index is -1.17. The highest BCUT2D eigenvalue weighted by atomic mass is 32.1. The van der Waals surface area contributed by atoms with Gasteiger partial charge in [-0.05, 0) is 18.2 Å². The third-order valence-electron chi connectivity index (χ3n) is 2.88. The molecule has 0 saturated heterocycles. The third kappa shape index (κ3) is 2.88. The summed E-state index contributed by atoms with van der Waals surface area (Å²) in [6.45, 7) is 0. The van der Waals surface area contributed by atoms with Crippen LogP contribution in [0.2, 0.25) is 0 Å². The van der Waals surface area contributed by atoms with Crippen LogP contribution in [0.3, 0.4) is 0 Å². The van der Waals surface area contributed by atoms with E-state index in [9.17, 15) is 9.59 Å². The summed E-state index contributed by atoms with van der Waals surface area (Å²) in [4.78, 5) is 28.1. The van der Waals surface area contributed by atoms with E-state index < -0.39 is 24.3 Å². The molecule has 0 fully saturated rings. The second-order valence-electron chi connectivity index (χ2n) is 4.59. The molecule has 6 nitrogen and oxygen atoms in total. The summed E-state index contributed by atoms with van der Waals surface area (Å²) in [6, 6.07) is 5.61. The molecule has 2 N–H and O–H groups in total. The van der Waals surface area contributed by atoms with Gasteiger partial charge in [0.2, 0.25) is 0 Å². The Hall–Kier alpha value is -2.15. The fraction of sp³-hybridized carbons (Fsp3) is 0.308. The van der Waals surface area contributed by atoms with Crippen molar-refractivity contribution in [2.75, 3.05) is 19.0 Å². The molecule has 1 aromatic heterocycles. The average Bonchev–Trinajstić information content (AvgIpc) is 2.77. The number of hydrogen-bond acceptors (Lipinski definition) is 5. The van der Waals surface area contributed by atoms with Crippen LogP contribution in [-0.2, 0) is 9.59 Å². The Balaban J connectivity index is 2.43. The number of rotatable bonds is 5. The van der Waals surface area contributed by atoms with Gasteiger partial charge in [0, 0.05) is 19.8 Å². The first kappa shape index (κ1) is 14.3. The quantitative estimate of drug-likeness (QED) is 0.876. The smallest absolute Gasteiger partial charge is 0.314 e. The number of nitrogens with zero attached hydrogens (tertiary/aromatic N) is 2. The number of hydrogen-bond donors (Lipinski definition) is 2. The van der Waals surface area contributed by atoms with Crippen molar-refractivity contribution >= 4 is 39.2 Å². The molecule has 0 bridgehead atoms. The van der Waals surface area contributed by atoms with Crippen molar-refractivity contribution in [1.82, 2.24) is 4.98 Å². The van der Waals surface area contributed by atoms with Crippen LogP contribution in [0.25, 0.3) is 10.2 Å². The van der Waals surface area contributed by atoms with Gasteiger partial charge < -0.3 is 15.1 Å². The number of carboxylic acids is 2. The van der Waals surface area contributed by atoms with Gasteiger partial charge in [0.05, 0.1) is 16.6 Å². The van der Waals surface area contributed by atoms with Crippen molar-refractivity contribution in [3.05, 3.63) is 23.2 Å². The Kier molecular flexibility index (Phi) is 3.89. The number of carboxylic acid groups (broad SMARTS) is 2. The average molecular weight is 294 g/mol. The number of aliphatic carboxylic acids is 2. The Morgan fingerprint density at radius 2 is 2.05 bits per heavy atom. The van der Waals surface area contributed by atoms with Crippen LogP contribution in [0, 0.1) is 0 Å². The molecule has 0 aliphatic rings. The van der Waals surface area contributed by atoms with E-state index in [0.717, 1.165) is 10.4 Å². The number of aromatic nitrogens is 1. The number of thiazole rings is 1. The Morgan fingerprint density at radius 1 is 1.35 bits per heavy atom. The topological polar surface area (TPSA) is 90.7 Å². The van der Waals surface area contributed by atoms with Crippen LogP contribution in [0.1, 0.15) is 17.3 Å². The Bertz CT molecular complexity index is 665. The summed E-state index contributed by atoms with van der Waals surface area (Å²) in [7, 11) is 3.82. The van der Waals surface area contributed by atoms with E-state index in [-0.39, 0.29) is 0 Å². The molecule has 0 aliphatic carbocycles. The van der Waals surface area contributed by atoms with Gasteiger partial charge in [-0.15, -0.1) is 11.3 Å². The van der Waals surface area contributed by atoms with Crippen LogP contribution < -0.4 is 4.90 Å². The third-order valence-corrected chi connectivity index (χ3v) is 4.01. The monoisotopic (exact) mass is 294 g/mol. The maximum Gasteiger partial charge on any atom is 0.314 e. The zero-order valence-electron chi connectivity index (χ0n) is 11.0. The maximum absolute atomic E-state index is 11.2. The predicted molar refractivity (Wildman–Crippen MR) is 76.6 cm³/mol. The molecule has 0 amide bonds. The normalized spacial score (nSPS) is 12.3. The molecule has 2 rings (SSSR count). The molecule has 106 valence electrons. The number of fused-ring (bicyclic) bond motifs is 1. The molecule has 1 aromatic carbocycles. The minimum Gasteiger partial charge on any atom is -0.481 e. The molecule has 1 atom stereocenters. The fourth-order valence-electron chi connectivity index (χ4n) is 1.81. The summed E-state index contributed by atoms with van der Waals surface area (Å²) < 4.78 is 0.850. The molecule has 1 heterocycles. The van der Waals surface area contributed by atoms with Crippen molar-refractivity contribution in [1.29, 1.82) is 0 Å². The zero-order chi connectivity index (χ0) is 14.9. The van der Waals surface area contributed by atoms with Crippen molar-refractivity contribution in [3.8, 4) is 0 Å². The van der Waals surface area contributed by atoms with Crippen molar-refractivity contribution in [2.24, 2.45) is 0 Å². The van der Waals surface area contributed by atoms with Gasteiger partial charge in [0.25, 0.3) is 0 Å². The summed E-state index contributed by atoms with van der Waals surface area (Å²) in [5.74, 6) is -3.42. The van der Waals surface area contributed by atoms with Crippen molar-refractivity contribution in [2.45, 2.75) is 12.3 Å². The minimum absolute atomic E-state index is 0.325. The van der Waals surface area contributed by atoms with Gasteiger partial charge in [0.1, 0.15) is 10.9 Å². The van der Waals surface area contributed by atoms with Crippen molar-refractivity contribution < 1.29 is 19.8 Å². The molecule has 0 spiro atoms. The van der Waals surface area contributed by atoms with E-state index in [1.165, 1.54) is 11.3 Å². The summed E-state index contributed by atoms with van der Waals surface area (Å²) in [6.07, 6.45) is -0.463. The van der Waals surface area contributed by atoms with Gasteiger partial charge in [0.15, 0.2) is 0 Å². The molecule has 1 unspecified atom stereocenters. The first-order valence-corrected chi connectivity index (χ1v) is 6.72. The molecular formula is C13H14N2O4S. The lowest BCUT2D eigenvalue weighted by Gasteiger charge is -2.11. The molecule has 20 heavy (non-hydrogen) atoms. The van der Waals surface area contributed by atoms with Crippen LogP contribution in [-0.4, -0.2) is 41.2 Å². The first-order valence-electron chi connectivity index (χ1n) is 5.91. The predicted octanol–water partition coefficient (Wildman–Crippen LogP) is 2.01. The molecular weight excluding hydrogens is 280 g/mol. The van der Waals surface area contributed by atoms with E-state index in [2.05, 4.69) is 4.98 Å². The fourth-order valence-corrected chi connectivity index (χ4v) is 2.91. The highest BCUT2D eigenvalue weighted by Gasteiger charge is 2.26. The molecule has 0 aliphatic heterocycles. The van der Waals surface area contributed by atoms with Gasteiger partial charge in [-0.2, -0.15) is 0 Å². The summed E-state index contributed by atoms with van der Waals surface area (Å²) in [5, 5.41) is 18.3. The van der Waals surface area contributed by atoms with Crippen LogP contribution in [0.15, 0.2) is 18.2 Å². The lowest BCUT2D eigenvalue weighted by molar-refractivity contribution is -0.145. The second-order valence-corrected chi connectivity index (χ2v) is 5.65. The SMILES string of the molecule is CN(C)c1ccc2nc(C(CC(=O)O)C(=O)O)sc2c1. The number of benzene rings is 1. The number of anilines is 1. The lowest BCUT2D eigenvalue weighted by Crippen LogP contribution is -2.15. The largest absolute Gasteiger partial charge is 0.481 e. The van der Waals surface area contributed by atoms with E-state index in [1.807, 2.05) is 37.2 Å². The van der Waals surface area contributed by atoms with Gasteiger partial charge in [-0.3, -0.25) is 9.59 Å². The standard InChI is InChI=1S/C13H14N2O4S/c1-15(2)7-3-4-9-10(5-7)20-12(14-9)8(13(18)19)6-11(16)17/h3-5,8H,6H2,1-2H3,(H,16,17)(H,18,19). The van der Waals surface area contributed by atoms with Gasteiger partial charge in [-0.25, -0.2) is 4.98 Å². The summed E-state index contributed by atoms with van der Waals surface area (Å²) in [5.41, 5.74) is 1.67. The number of carbonyl (C=O) groups is 2. The van der Waals surface area contributed by atoms with Crippen LogP contribution >= 0.6 is 11.3 Å². The molecule has 7 heteroatoms. The van der Waals surface area contributed by atoms with Gasteiger partial charge in [-0.1, -0.05) is 0 Å². The molecule has 0 radical (unpaired) electrons. The van der Waals surface area contributed by atoms with E-state index in [4.69, 9.17) is 10.2 Å². The second kappa shape index (κ2) is 5.46. The first-order chi connectivity index (χ1) is 9.38. The summed E-state index contributed by atoms with van der Waals surface area (Å²) >= 11 is 1.23. The lowest BCUT2D eigenvalue weighted by atomic mass is 10.1. The maximum atomic E-state index is 11.2. The van der Waals surface area contributed by atoms with Gasteiger partial charge >= 0.3 is 11.9 Å². The van der Waals surface area contributed by atoms with E-state index in [1.54, 1.807) is 0 Å². The van der Waals surface area contributed by atoms with E-state index >= 15 is 0 Å². The van der Waals surface area contributed by atoms with Crippen LogP contribution in [0.5, 0.6) is 0 Å².